The topological polar surface area (TPSA) is 59.4 Å². The van der Waals surface area contributed by atoms with E-state index in [2.05, 4.69) is 0 Å². The Balaban J connectivity index is 1.53. The van der Waals surface area contributed by atoms with Gasteiger partial charge in [-0.25, -0.2) is 4.39 Å². The number of hydrogen-bond acceptors (Lipinski definition) is 3. The molecule has 1 saturated heterocycles. The summed E-state index contributed by atoms with van der Waals surface area (Å²) in [5, 5.41) is 0. The van der Waals surface area contributed by atoms with Crippen LogP contribution in [-0.4, -0.2) is 33.6 Å². The number of halogens is 1. The zero-order valence-electron chi connectivity index (χ0n) is 16.8. The number of rotatable bonds is 5. The maximum atomic E-state index is 13.1. The summed E-state index contributed by atoms with van der Waals surface area (Å²) in [6.45, 7) is 4.10. The average Bonchev–Trinajstić information content (AvgIpc) is 3.33. The van der Waals surface area contributed by atoms with E-state index in [9.17, 15) is 18.8 Å². The van der Waals surface area contributed by atoms with Gasteiger partial charge < -0.3 is 4.57 Å². The minimum absolute atomic E-state index is 0.173. The number of carbonyl (C=O) groups is 3. The normalized spacial score (nSPS) is 18.2. The monoisotopic (exact) mass is 396 g/mol. The highest BCUT2D eigenvalue weighted by molar-refractivity contribution is 6.10. The molecule has 2 amide bonds. The molecule has 2 heterocycles. The molecule has 0 unspecified atom stereocenters. The second kappa shape index (κ2) is 7.25. The number of benzene rings is 1. The number of ketones is 1. The van der Waals surface area contributed by atoms with Crippen molar-refractivity contribution in [3.8, 4) is 0 Å². The van der Waals surface area contributed by atoms with Gasteiger partial charge in [0.05, 0.1) is 12.0 Å². The third kappa shape index (κ3) is 3.41. The molecule has 2 aromatic rings. The molecule has 0 bridgehead atoms. The minimum Gasteiger partial charge on any atom is -0.344 e. The summed E-state index contributed by atoms with van der Waals surface area (Å²) in [6, 6.07) is 8.08. The Hall–Kier alpha value is -2.76. The number of hydrogen-bond donors (Lipinski definition) is 0. The van der Waals surface area contributed by atoms with Crippen LogP contribution >= 0.6 is 0 Å². The molecule has 152 valence electrons. The Morgan fingerprint density at radius 2 is 1.76 bits per heavy atom. The van der Waals surface area contributed by atoms with E-state index in [1.165, 1.54) is 17.0 Å². The fraction of sp³-hybridized carbons (Fsp3) is 0.435. The highest BCUT2D eigenvalue weighted by Crippen LogP contribution is 2.46. The molecule has 1 saturated carbocycles. The predicted octanol–water partition coefficient (Wildman–Crippen LogP) is 3.79. The van der Waals surface area contributed by atoms with E-state index in [1.807, 2.05) is 18.4 Å². The first-order chi connectivity index (χ1) is 13.8. The molecular formula is C23H25FN2O3. The lowest BCUT2D eigenvalue weighted by Gasteiger charge is -2.20. The smallest absolute Gasteiger partial charge is 0.236 e. The molecule has 1 aromatic carbocycles. The Labute approximate surface area is 169 Å². The van der Waals surface area contributed by atoms with Crippen molar-refractivity contribution in [1.82, 2.24) is 9.47 Å². The van der Waals surface area contributed by atoms with Crippen LogP contribution in [0.1, 0.15) is 59.4 Å². The van der Waals surface area contributed by atoms with Crippen LogP contribution in [0.5, 0.6) is 0 Å². The van der Waals surface area contributed by atoms with Gasteiger partial charge in [0, 0.05) is 29.9 Å². The van der Waals surface area contributed by atoms with Crippen molar-refractivity contribution in [2.75, 3.05) is 6.54 Å². The van der Waals surface area contributed by atoms with E-state index in [4.69, 9.17) is 0 Å². The highest BCUT2D eigenvalue weighted by Gasteiger charge is 2.52. The number of Topliss-reactive ketones (excluding diaryl/α,β-unsaturated/α-hetero) is 1. The fourth-order valence-electron chi connectivity index (χ4n) is 4.79. The van der Waals surface area contributed by atoms with Crippen molar-refractivity contribution in [2.45, 2.75) is 52.5 Å². The first-order valence-corrected chi connectivity index (χ1v) is 10.1. The van der Waals surface area contributed by atoms with Gasteiger partial charge in [-0.15, -0.1) is 0 Å². The van der Waals surface area contributed by atoms with Crippen molar-refractivity contribution < 1.29 is 18.8 Å². The molecule has 0 atom stereocenters. The molecule has 4 rings (SSSR count). The Morgan fingerprint density at radius 3 is 2.41 bits per heavy atom. The quantitative estimate of drug-likeness (QED) is 0.571. The lowest BCUT2D eigenvalue weighted by Crippen LogP contribution is -2.38. The van der Waals surface area contributed by atoms with Crippen LogP contribution in [0.3, 0.4) is 0 Å². The summed E-state index contributed by atoms with van der Waals surface area (Å²) in [4.78, 5) is 39.4. The molecule has 1 spiro atoms. The largest absolute Gasteiger partial charge is 0.344 e. The van der Waals surface area contributed by atoms with E-state index in [1.54, 1.807) is 18.2 Å². The van der Waals surface area contributed by atoms with Crippen molar-refractivity contribution >= 4 is 17.6 Å². The van der Waals surface area contributed by atoms with Crippen LogP contribution < -0.4 is 0 Å². The highest BCUT2D eigenvalue weighted by atomic mass is 19.1. The molecular weight excluding hydrogens is 371 g/mol. The first kappa shape index (κ1) is 19.6. The van der Waals surface area contributed by atoms with Crippen LogP contribution in [-0.2, 0) is 16.1 Å². The fourth-order valence-corrected chi connectivity index (χ4v) is 4.79. The first-order valence-electron chi connectivity index (χ1n) is 10.1. The Morgan fingerprint density at radius 1 is 1.10 bits per heavy atom. The zero-order valence-corrected chi connectivity index (χ0v) is 16.8. The van der Waals surface area contributed by atoms with Crippen molar-refractivity contribution in [3.63, 3.8) is 0 Å². The zero-order chi connectivity index (χ0) is 20.8. The maximum Gasteiger partial charge on any atom is 0.236 e. The Bertz CT molecular complexity index is 984. The summed E-state index contributed by atoms with van der Waals surface area (Å²) < 4.78 is 15.1. The number of nitrogens with zero attached hydrogens (tertiary/aromatic N) is 2. The molecule has 2 aliphatic rings. The van der Waals surface area contributed by atoms with E-state index in [-0.39, 0.29) is 36.4 Å². The summed E-state index contributed by atoms with van der Waals surface area (Å²) in [5.74, 6) is -0.912. The second-order valence-corrected chi connectivity index (χ2v) is 8.37. The standard InChI is InChI=1S/C23H25FN2O3/c1-15-11-19(16(2)25(15)13-17-5-7-18(24)8-6-17)20(27)14-26-21(28)12-23(22(26)29)9-3-4-10-23/h5-8,11H,3-4,9-10,12-14H2,1-2H3. The van der Waals surface area contributed by atoms with Gasteiger partial charge in [0.1, 0.15) is 5.82 Å². The van der Waals surface area contributed by atoms with Crippen LogP contribution in [0.25, 0.3) is 0 Å². The van der Waals surface area contributed by atoms with Gasteiger partial charge in [-0.2, -0.15) is 0 Å². The minimum atomic E-state index is -0.559. The molecule has 1 aliphatic heterocycles. The van der Waals surface area contributed by atoms with E-state index in [0.29, 0.717) is 12.1 Å². The van der Waals surface area contributed by atoms with Gasteiger partial charge in [-0.1, -0.05) is 25.0 Å². The maximum absolute atomic E-state index is 13.1. The number of aromatic nitrogens is 1. The summed E-state index contributed by atoms with van der Waals surface area (Å²) >= 11 is 0. The van der Waals surface area contributed by atoms with Gasteiger partial charge in [-0.05, 0) is 50.5 Å². The number of aryl methyl sites for hydroxylation is 1. The van der Waals surface area contributed by atoms with Crippen LogP contribution in [0, 0.1) is 25.1 Å². The van der Waals surface area contributed by atoms with Crippen molar-refractivity contribution in [1.29, 1.82) is 0 Å². The third-order valence-electron chi connectivity index (χ3n) is 6.48. The molecule has 29 heavy (non-hydrogen) atoms. The number of likely N-dealkylation sites (tertiary alicyclic amines) is 1. The SMILES string of the molecule is Cc1cc(C(=O)CN2C(=O)CC3(CCCC3)C2=O)c(C)n1Cc1ccc(F)cc1. The molecule has 2 fully saturated rings. The van der Waals surface area contributed by atoms with Gasteiger partial charge >= 0.3 is 0 Å². The lowest BCUT2D eigenvalue weighted by molar-refractivity contribution is -0.140. The number of imide groups is 1. The summed E-state index contributed by atoms with van der Waals surface area (Å²) in [7, 11) is 0. The number of amides is 2. The van der Waals surface area contributed by atoms with Crippen LogP contribution in [0.15, 0.2) is 30.3 Å². The molecule has 1 aliphatic carbocycles. The van der Waals surface area contributed by atoms with E-state index in [0.717, 1.165) is 42.6 Å². The van der Waals surface area contributed by atoms with Gasteiger partial charge in [0.15, 0.2) is 5.78 Å². The third-order valence-corrected chi connectivity index (χ3v) is 6.48. The molecule has 0 radical (unpaired) electrons. The molecule has 5 nitrogen and oxygen atoms in total. The lowest BCUT2D eigenvalue weighted by atomic mass is 9.84. The van der Waals surface area contributed by atoms with E-state index < -0.39 is 5.41 Å². The molecule has 1 aromatic heterocycles. The van der Waals surface area contributed by atoms with Crippen LogP contribution in [0.2, 0.25) is 0 Å². The second-order valence-electron chi connectivity index (χ2n) is 8.37. The predicted molar refractivity (Wildman–Crippen MR) is 106 cm³/mol. The average molecular weight is 396 g/mol. The van der Waals surface area contributed by atoms with Gasteiger partial charge in [0.2, 0.25) is 11.8 Å². The van der Waals surface area contributed by atoms with Gasteiger partial charge in [-0.3, -0.25) is 19.3 Å². The molecule has 6 heteroatoms. The van der Waals surface area contributed by atoms with Crippen molar-refractivity contribution in [2.24, 2.45) is 5.41 Å². The summed E-state index contributed by atoms with van der Waals surface area (Å²) in [5.41, 5.74) is 2.59. The van der Waals surface area contributed by atoms with E-state index >= 15 is 0 Å². The summed E-state index contributed by atoms with van der Waals surface area (Å²) in [6.07, 6.45) is 3.66. The number of carbonyl (C=O) groups excluding carboxylic acids is 3. The Kier molecular flexibility index (Phi) is 4.89. The van der Waals surface area contributed by atoms with Gasteiger partial charge in [0.25, 0.3) is 0 Å². The molecule has 0 N–H and O–H groups in total. The van der Waals surface area contributed by atoms with Crippen molar-refractivity contribution in [3.05, 3.63) is 58.7 Å². The van der Waals surface area contributed by atoms with Crippen LogP contribution in [0.4, 0.5) is 4.39 Å².